The number of ketones is 1. The van der Waals surface area contributed by atoms with E-state index in [1.165, 1.54) is 0 Å². The molecule has 0 amide bonds. The van der Waals surface area contributed by atoms with Crippen molar-refractivity contribution in [3.05, 3.63) is 58.6 Å². The summed E-state index contributed by atoms with van der Waals surface area (Å²) in [4.78, 5) is 28.9. The normalized spacial score (nSPS) is 15.3. The molecule has 0 N–H and O–H groups in total. The monoisotopic (exact) mass is 464 g/mol. The van der Waals surface area contributed by atoms with Crippen molar-refractivity contribution in [2.24, 2.45) is 7.05 Å². The van der Waals surface area contributed by atoms with Gasteiger partial charge in [0.2, 0.25) is 0 Å². The molecule has 7 nitrogen and oxygen atoms in total. The molecule has 0 saturated carbocycles. The maximum atomic E-state index is 12.9. The fraction of sp³-hybridized carbons (Fsp3) is 0.375. The quantitative estimate of drug-likeness (QED) is 0.384. The molecule has 170 valence electrons. The Morgan fingerprint density at radius 3 is 2.82 bits per heavy atom. The summed E-state index contributed by atoms with van der Waals surface area (Å²) in [6.45, 7) is 1.97. The third-order valence-corrected chi connectivity index (χ3v) is 7.12. The molecule has 0 aliphatic carbocycles. The highest BCUT2D eigenvalue weighted by Crippen LogP contribution is 2.30. The predicted molar refractivity (Wildman–Crippen MR) is 126 cm³/mol. The topological polar surface area (TPSA) is 76.8 Å². The van der Waals surface area contributed by atoms with E-state index in [0.29, 0.717) is 23.9 Å². The second-order valence-corrected chi connectivity index (χ2v) is 9.33. The minimum atomic E-state index is -0.302. The molecule has 0 bridgehead atoms. The zero-order valence-corrected chi connectivity index (χ0v) is 19.3. The largest absolute Gasteiger partial charge is 0.301 e. The molecule has 0 spiro atoms. The van der Waals surface area contributed by atoms with Crippen LogP contribution in [0.25, 0.3) is 22.2 Å². The van der Waals surface area contributed by atoms with Gasteiger partial charge < -0.3 is 4.90 Å². The second-order valence-electron chi connectivity index (χ2n) is 8.44. The summed E-state index contributed by atoms with van der Waals surface area (Å²) in [6.07, 6.45) is 7.56. The SMILES string of the molecule is Cn1cc(-c2ccc3cnc(CC(=O)c4csc(C5CCN(CCF)CC5)n4)cc3n2)cn1. The first kappa shape index (κ1) is 21.8. The number of aryl methyl sites for hydroxylation is 1. The van der Waals surface area contributed by atoms with E-state index in [4.69, 9.17) is 4.98 Å². The summed E-state index contributed by atoms with van der Waals surface area (Å²) < 4.78 is 14.3. The average molecular weight is 465 g/mol. The number of halogens is 1. The molecule has 1 fully saturated rings. The summed E-state index contributed by atoms with van der Waals surface area (Å²) in [7, 11) is 1.87. The molecule has 0 atom stereocenters. The number of aromatic nitrogens is 5. The number of thiazole rings is 1. The van der Waals surface area contributed by atoms with Gasteiger partial charge >= 0.3 is 0 Å². The smallest absolute Gasteiger partial charge is 0.187 e. The summed E-state index contributed by atoms with van der Waals surface area (Å²) in [5.74, 6) is 0.309. The van der Waals surface area contributed by atoms with Gasteiger partial charge in [0.05, 0.1) is 34.5 Å². The molecular weight excluding hydrogens is 439 g/mol. The average Bonchev–Trinajstić information content (AvgIpc) is 3.49. The summed E-state index contributed by atoms with van der Waals surface area (Å²) in [5, 5.41) is 7.99. The molecule has 0 unspecified atom stereocenters. The van der Waals surface area contributed by atoms with Crippen LogP contribution in [0.1, 0.15) is 39.9 Å². The molecule has 33 heavy (non-hydrogen) atoms. The van der Waals surface area contributed by atoms with Crippen LogP contribution in [0.5, 0.6) is 0 Å². The van der Waals surface area contributed by atoms with Gasteiger partial charge in [-0.3, -0.25) is 14.5 Å². The van der Waals surface area contributed by atoms with Crippen molar-refractivity contribution in [2.75, 3.05) is 26.3 Å². The summed E-state index contributed by atoms with van der Waals surface area (Å²) >= 11 is 1.55. The second kappa shape index (κ2) is 9.44. The van der Waals surface area contributed by atoms with Crippen molar-refractivity contribution in [1.82, 2.24) is 29.6 Å². The number of carbonyl (C=O) groups is 1. The zero-order valence-electron chi connectivity index (χ0n) is 18.4. The molecule has 5 heterocycles. The number of hydrogen-bond acceptors (Lipinski definition) is 7. The number of likely N-dealkylation sites (tertiary alicyclic amines) is 1. The van der Waals surface area contributed by atoms with Crippen molar-refractivity contribution in [1.29, 1.82) is 0 Å². The van der Waals surface area contributed by atoms with Crippen LogP contribution in [0.15, 0.2) is 42.2 Å². The number of carbonyl (C=O) groups excluding carboxylic acids is 1. The van der Waals surface area contributed by atoms with Gasteiger partial charge in [0.25, 0.3) is 0 Å². The summed E-state index contributed by atoms with van der Waals surface area (Å²) in [5.41, 5.74) is 3.76. The molecule has 5 rings (SSSR count). The van der Waals surface area contributed by atoms with Crippen molar-refractivity contribution < 1.29 is 9.18 Å². The van der Waals surface area contributed by atoms with E-state index in [2.05, 4.69) is 20.0 Å². The van der Waals surface area contributed by atoms with Gasteiger partial charge in [-0.2, -0.15) is 5.10 Å². The Kier molecular flexibility index (Phi) is 6.24. The van der Waals surface area contributed by atoms with E-state index in [-0.39, 0.29) is 18.9 Å². The van der Waals surface area contributed by atoms with Crippen LogP contribution in [-0.4, -0.2) is 61.7 Å². The van der Waals surface area contributed by atoms with E-state index in [1.807, 2.05) is 36.8 Å². The summed E-state index contributed by atoms with van der Waals surface area (Å²) in [6, 6.07) is 5.81. The number of piperidine rings is 1. The van der Waals surface area contributed by atoms with Gasteiger partial charge in [-0.1, -0.05) is 0 Å². The highest BCUT2D eigenvalue weighted by atomic mass is 32.1. The van der Waals surface area contributed by atoms with Crippen LogP contribution < -0.4 is 0 Å². The van der Waals surface area contributed by atoms with Crippen molar-refractivity contribution >= 4 is 28.0 Å². The maximum Gasteiger partial charge on any atom is 0.187 e. The van der Waals surface area contributed by atoms with Crippen molar-refractivity contribution in [3.8, 4) is 11.3 Å². The Hall–Kier alpha value is -3.04. The highest BCUT2D eigenvalue weighted by molar-refractivity contribution is 7.09. The van der Waals surface area contributed by atoms with E-state index < -0.39 is 0 Å². The van der Waals surface area contributed by atoms with E-state index in [0.717, 1.165) is 53.1 Å². The van der Waals surface area contributed by atoms with Gasteiger partial charge in [0, 0.05) is 48.2 Å². The Bertz CT molecular complexity index is 1280. The molecule has 1 saturated heterocycles. The number of pyridine rings is 2. The van der Waals surface area contributed by atoms with E-state index in [1.54, 1.807) is 28.4 Å². The standard InChI is InChI=1S/C24H25FN6OS/c1-30-14-18(13-27-30)20-3-2-17-12-26-19(10-21(17)28-20)11-23(32)22-15-33-24(29-22)16-4-7-31(8-5-16)9-6-25/h2-3,10,12-16H,4-9,11H2,1H3. The number of Topliss-reactive ketones (excluding diaryl/α,β-unsaturated/α-hetero) is 1. The number of alkyl halides is 1. The van der Waals surface area contributed by atoms with Gasteiger partial charge in [-0.15, -0.1) is 11.3 Å². The number of fused-ring (bicyclic) bond motifs is 1. The number of nitrogens with zero attached hydrogens (tertiary/aromatic N) is 6. The molecule has 1 aliphatic rings. The third kappa shape index (κ3) is 4.84. The van der Waals surface area contributed by atoms with Gasteiger partial charge in [0.1, 0.15) is 12.4 Å². The Morgan fingerprint density at radius 2 is 2.06 bits per heavy atom. The molecule has 0 radical (unpaired) electrons. The molecule has 1 aliphatic heterocycles. The predicted octanol–water partition coefficient (Wildman–Crippen LogP) is 4.06. The van der Waals surface area contributed by atoms with Crippen LogP contribution in [0.3, 0.4) is 0 Å². The molecule has 4 aromatic rings. The lowest BCUT2D eigenvalue weighted by Crippen LogP contribution is -2.34. The molecular formula is C24H25FN6OS. The van der Waals surface area contributed by atoms with Crippen molar-refractivity contribution in [2.45, 2.75) is 25.2 Å². The van der Waals surface area contributed by atoms with Crippen LogP contribution in [-0.2, 0) is 13.5 Å². The molecule has 0 aromatic carbocycles. The van der Waals surface area contributed by atoms with Gasteiger partial charge in [-0.05, 0) is 44.1 Å². The minimum Gasteiger partial charge on any atom is -0.301 e. The molecule has 9 heteroatoms. The fourth-order valence-corrected chi connectivity index (χ4v) is 5.25. The Labute approximate surface area is 195 Å². The Balaban J connectivity index is 1.28. The van der Waals surface area contributed by atoms with Gasteiger partial charge in [-0.25, -0.2) is 14.4 Å². The van der Waals surface area contributed by atoms with Crippen LogP contribution in [0.4, 0.5) is 4.39 Å². The minimum absolute atomic E-state index is 0.0392. The van der Waals surface area contributed by atoms with Crippen LogP contribution >= 0.6 is 11.3 Å². The van der Waals surface area contributed by atoms with Crippen LogP contribution in [0.2, 0.25) is 0 Å². The fourth-order valence-electron chi connectivity index (χ4n) is 4.25. The lowest BCUT2D eigenvalue weighted by molar-refractivity contribution is 0.0987. The molecule has 4 aromatic heterocycles. The van der Waals surface area contributed by atoms with Crippen molar-refractivity contribution in [3.63, 3.8) is 0 Å². The number of hydrogen-bond donors (Lipinski definition) is 0. The Morgan fingerprint density at radius 1 is 1.21 bits per heavy atom. The highest BCUT2D eigenvalue weighted by Gasteiger charge is 2.24. The lowest BCUT2D eigenvalue weighted by Gasteiger charge is -2.30. The third-order valence-electron chi connectivity index (χ3n) is 6.12. The zero-order chi connectivity index (χ0) is 22.8. The van der Waals surface area contributed by atoms with Crippen LogP contribution in [0, 0.1) is 0 Å². The van der Waals surface area contributed by atoms with E-state index >= 15 is 0 Å². The first-order valence-electron chi connectivity index (χ1n) is 11.1. The first-order chi connectivity index (χ1) is 16.1. The first-order valence-corrected chi connectivity index (χ1v) is 12.0. The van der Waals surface area contributed by atoms with E-state index in [9.17, 15) is 9.18 Å². The maximum absolute atomic E-state index is 12.9. The van der Waals surface area contributed by atoms with Gasteiger partial charge in [0.15, 0.2) is 5.78 Å². The lowest BCUT2D eigenvalue weighted by atomic mass is 9.97. The number of rotatable bonds is 7.